The van der Waals surface area contributed by atoms with Gasteiger partial charge in [0.2, 0.25) is 0 Å². The zero-order chi connectivity index (χ0) is 10.8. The van der Waals surface area contributed by atoms with Gasteiger partial charge in [0, 0.05) is 0 Å². The average Bonchev–Trinajstić information content (AvgIpc) is 2.67. The molecule has 0 aromatic rings. The molecule has 0 aromatic heterocycles. The predicted octanol–water partition coefficient (Wildman–Crippen LogP) is 2.90. The number of halogens is 1. The Hall–Kier alpha value is 0.939. The van der Waals surface area contributed by atoms with Gasteiger partial charge < -0.3 is 0 Å². The van der Waals surface area contributed by atoms with E-state index in [1.807, 2.05) is 0 Å². The Morgan fingerprint density at radius 2 is 1.73 bits per heavy atom. The van der Waals surface area contributed by atoms with Crippen LogP contribution in [0, 0.1) is 11.8 Å². The summed E-state index contributed by atoms with van der Waals surface area (Å²) in [4.78, 5) is 7.49. The van der Waals surface area contributed by atoms with Crippen molar-refractivity contribution >= 4 is 34.3 Å². The van der Waals surface area contributed by atoms with E-state index in [0.717, 1.165) is 0 Å². The van der Waals surface area contributed by atoms with E-state index < -0.39 is 18.4 Å². The Morgan fingerprint density at radius 3 is 2.33 bits per heavy atom. The number of fused-ring (bicyclic) bond motifs is 5. The van der Waals surface area contributed by atoms with E-state index in [1.54, 1.807) is 3.59 Å². The molecule has 0 radical (unpaired) electrons. The first kappa shape index (κ1) is 11.1. The summed E-state index contributed by atoms with van der Waals surface area (Å²) >= 11 is 1.89. The van der Waals surface area contributed by atoms with Gasteiger partial charge in [0.25, 0.3) is 0 Å². The molecular formula is C11H17BrO2Sn. The molecule has 4 atom stereocenters. The molecule has 1 aliphatic heterocycles. The predicted molar refractivity (Wildman–Crippen MR) is 65.5 cm³/mol. The Labute approximate surface area is 103 Å². The minimum atomic E-state index is -1.95. The minimum absolute atomic E-state index is 0.349. The summed E-state index contributed by atoms with van der Waals surface area (Å²) in [7, 11) is 0. The van der Waals surface area contributed by atoms with Crippen molar-refractivity contribution in [2.75, 3.05) is 6.79 Å². The van der Waals surface area contributed by atoms with Crippen LogP contribution in [0.5, 0.6) is 0 Å². The monoisotopic (exact) mass is 380 g/mol. The molecule has 0 spiro atoms. The fourth-order valence-electron chi connectivity index (χ4n) is 3.44. The first-order valence-corrected chi connectivity index (χ1v) is 16.4. The molecular weight excluding hydrogens is 363 g/mol. The summed E-state index contributed by atoms with van der Waals surface area (Å²) in [5.74, 6) is 1.28. The fraction of sp³-hybridized carbons (Fsp3) is 0.818. The molecule has 0 N–H and O–H groups in total. The topological polar surface area (TPSA) is 18.5 Å². The fourth-order valence-corrected chi connectivity index (χ4v) is 14.7. The van der Waals surface area contributed by atoms with Gasteiger partial charge in [-0.05, 0) is 0 Å². The van der Waals surface area contributed by atoms with Crippen LogP contribution in [0.2, 0.25) is 14.8 Å². The zero-order valence-electron chi connectivity index (χ0n) is 9.42. The summed E-state index contributed by atoms with van der Waals surface area (Å²) in [5.41, 5.74) is 0. The number of ether oxygens (including phenoxy) is 2. The van der Waals surface area contributed by atoms with Gasteiger partial charge in [0.15, 0.2) is 0 Å². The first-order chi connectivity index (χ1) is 7.00. The van der Waals surface area contributed by atoms with E-state index in [4.69, 9.17) is 9.47 Å². The van der Waals surface area contributed by atoms with Crippen LogP contribution in [0.25, 0.3) is 0 Å². The third kappa shape index (κ3) is 1.49. The van der Waals surface area contributed by atoms with E-state index in [-0.39, 0.29) is 0 Å². The van der Waals surface area contributed by atoms with Gasteiger partial charge in [-0.15, -0.1) is 0 Å². The van der Waals surface area contributed by atoms with Gasteiger partial charge in [-0.25, -0.2) is 0 Å². The van der Waals surface area contributed by atoms with Crippen LogP contribution in [0.15, 0.2) is 8.07 Å². The third-order valence-electron chi connectivity index (χ3n) is 3.91. The van der Waals surface area contributed by atoms with E-state index >= 15 is 0 Å². The third-order valence-corrected chi connectivity index (χ3v) is 12.4. The van der Waals surface area contributed by atoms with Crippen LogP contribution < -0.4 is 0 Å². The Balaban J connectivity index is 2.01. The number of hydrogen-bond donors (Lipinski definition) is 0. The Bertz CT molecular complexity index is 334. The van der Waals surface area contributed by atoms with Crippen LogP contribution in [0.3, 0.4) is 0 Å². The van der Waals surface area contributed by atoms with Crippen molar-refractivity contribution in [1.82, 2.24) is 0 Å². The van der Waals surface area contributed by atoms with E-state index in [1.165, 1.54) is 10.9 Å². The summed E-state index contributed by atoms with van der Waals surface area (Å²) in [6.45, 7) is 0.509. The summed E-state index contributed by atoms with van der Waals surface area (Å²) in [6.07, 6.45) is 1.99. The van der Waals surface area contributed by atoms with Crippen LogP contribution in [-0.2, 0) is 9.47 Å². The molecule has 1 saturated heterocycles. The van der Waals surface area contributed by atoms with E-state index in [9.17, 15) is 0 Å². The molecule has 2 aliphatic carbocycles. The maximum absolute atomic E-state index is 5.74. The number of hydrogen-bond acceptors (Lipinski definition) is 2. The first-order valence-electron chi connectivity index (χ1n) is 5.63. The molecule has 84 valence electrons. The summed E-state index contributed by atoms with van der Waals surface area (Å²) in [5, 5.41) is 0. The molecule has 2 fully saturated rings. The zero-order valence-corrected chi connectivity index (χ0v) is 13.9. The molecule has 2 bridgehead atoms. The molecule has 0 unspecified atom stereocenters. The Kier molecular flexibility index (Phi) is 2.55. The van der Waals surface area contributed by atoms with Gasteiger partial charge in [-0.1, -0.05) is 0 Å². The van der Waals surface area contributed by atoms with Gasteiger partial charge in [-0.3, -0.25) is 0 Å². The normalized spacial score (nSPS) is 44.0. The quantitative estimate of drug-likeness (QED) is 0.652. The SMILES string of the molecule is [CH3][Sn]([CH3])([CH3])[C]1=C(Br)[C@H]2C[C@@H]1[C@H]1OCO[C@H]12. The molecule has 0 aromatic carbocycles. The van der Waals surface area contributed by atoms with Gasteiger partial charge in [0.1, 0.15) is 0 Å². The van der Waals surface area contributed by atoms with Crippen molar-refractivity contribution in [1.29, 1.82) is 0 Å². The van der Waals surface area contributed by atoms with E-state index in [0.29, 0.717) is 30.8 Å². The van der Waals surface area contributed by atoms with Gasteiger partial charge in [-0.2, -0.15) is 0 Å². The Morgan fingerprint density at radius 1 is 1.13 bits per heavy atom. The second-order valence-corrected chi connectivity index (χ2v) is 21.1. The van der Waals surface area contributed by atoms with Crippen molar-refractivity contribution in [3.63, 3.8) is 0 Å². The van der Waals surface area contributed by atoms with Gasteiger partial charge >= 0.3 is 104 Å². The van der Waals surface area contributed by atoms with Crippen molar-refractivity contribution in [2.45, 2.75) is 33.4 Å². The molecule has 2 nitrogen and oxygen atoms in total. The van der Waals surface area contributed by atoms with Crippen LogP contribution in [0.4, 0.5) is 0 Å². The maximum atomic E-state index is 5.74. The number of rotatable bonds is 1. The molecule has 1 saturated carbocycles. The summed E-state index contributed by atoms with van der Waals surface area (Å²) < 4.78 is 14.7. The molecule has 0 amide bonds. The molecule has 15 heavy (non-hydrogen) atoms. The van der Waals surface area contributed by atoms with Crippen molar-refractivity contribution in [3.05, 3.63) is 8.07 Å². The molecule has 1 heterocycles. The second-order valence-electron chi connectivity index (χ2n) is 5.84. The molecule has 3 rings (SSSR count). The van der Waals surface area contributed by atoms with Crippen LogP contribution >= 0.6 is 15.9 Å². The molecule has 4 heteroatoms. The summed E-state index contributed by atoms with van der Waals surface area (Å²) in [6, 6.07) is 0. The average molecular weight is 380 g/mol. The van der Waals surface area contributed by atoms with Gasteiger partial charge in [0.05, 0.1) is 0 Å². The van der Waals surface area contributed by atoms with Crippen molar-refractivity contribution in [3.8, 4) is 0 Å². The standard InChI is InChI=1S/C8H8BrO2.3CH3.Sn/c9-6-2-4-1-5(6)8-7(4)10-3-11-8;;;;/h4-5,7-8H,1,3H2;3*1H3;/t4-,5+,7+,8-;;;;/m0..../s1. The van der Waals surface area contributed by atoms with Crippen LogP contribution in [-0.4, -0.2) is 37.4 Å². The van der Waals surface area contributed by atoms with Crippen molar-refractivity contribution < 1.29 is 9.47 Å². The van der Waals surface area contributed by atoms with Crippen molar-refractivity contribution in [2.24, 2.45) is 11.8 Å². The second kappa shape index (κ2) is 3.47. The molecule has 3 aliphatic rings. The van der Waals surface area contributed by atoms with E-state index in [2.05, 4.69) is 30.7 Å². The van der Waals surface area contributed by atoms with Crippen LogP contribution in [0.1, 0.15) is 6.42 Å².